The van der Waals surface area contributed by atoms with Gasteiger partial charge in [-0.2, -0.15) is 0 Å². The number of aromatic nitrogens is 3. The molecule has 1 atom stereocenters. The maximum absolute atomic E-state index is 12.7. The molecule has 4 aromatic heterocycles. The van der Waals surface area contributed by atoms with E-state index in [-0.39, 0.29) is 11.9 Å². The number of nitrogens with one attached hydrogen (secondary N) is 2. The van der Waals surface area contributed by atoms with Gasteiger partial charge >= 0.3 is 0 Å². The molecule has 0 saturated heterocycles. The van der Waals surface area contributed by atoms with Crippen molar-refractivity contribution in [3.63, 3.8) is 0 Å². The molecule has 4 heterocycles. The van der Waals surface area contributed by atoms with Crippen LogP contribution in [-0.4, -0.2) is 27.4 Å². The highest BCUT2D eigenvalue weighted by molar-refractivity contribution is 7.20. The Morgan fingerprint density at radius 1 is 1.21 bits per heavy atom. The van der Waals surface area contributed by atoms with Crippen LogP contribution in [-0.2, 0) is 6.42 Å². The number of hydrogen-bond acceptors (Lipinski definition) is 8. The van der Waals surface area contributed by atoms with Crippen LogP contribution in [0.4, 0.5) is 5.82 Å². The van der Waals surface area contributed by atoms with Gasteiger partial charge in [-0.1, -0.05) is 6.07 Å². The van der Waals surface area contributed by atoms with E-state index < -0.39 is 0 Å². The van der Waals surface area contributed by atoms with Gasteiger partial charge in [-0.25, -0.2) is 15.0 Å². The Bertz CT molecular complexity index is 1070. The van der Waals surface area contributed by atoms with Gasteiger partial charge in [-0.3, -0.25) is 4.79 Å². The van der Waals surface area contributed by atoms with Gasteiger partial charge in [0.15, 0.2) is 0 Å². The van der Waals surface area contributed by atoms with Gasteiger partial charge in [-0.05, 0) is 37.3 Å². The lowest BCUT2D eigenvalue weighted by molar-refractivity contribution is 0.0958. The summed E-state index contributed by atoms with van der Waals surface area (Å²) in [5.74, 6) is 0.676. The maximum atomic E-state index is 12.7. The molecule has 0 fully saturated rings. The minimum Gasteiger partial charge on any atom is -0.360 e. The second-order valence-electron chi connectivity index (χ2n) is 6.28. The number of carbonyl (C=O) groups is 1. The predicted molar refractivity (Wildman–Crippen MR) is 117 cm³/mol. The van der Waals surface area contributed by atoms with Gasteiger partial charge in [-0.15, -0.1) is 34.0 Å². The van der Waals surface area contributed by atoms with E-state index in [4.69, 9.17) is 0 Å². The molecule has 0 aromatic carbocycles. The van der Waals surface area contributed by atoms with Gasteiger partial charge in [0.2, 0.25) is 0 Å². The normalized spacial score (nSPS) is 12.2. The third kappa shape index (κ3) is 3.91. The zero-order valence-electron chi connectivity index (χ0n) is 15.4. The van der Waals surface area contributed by atoms with E-state index in [1.54, 1.807) is 28.9 Å². The second-order valence-corrected chi connectivity index (χ2v) is 9.24. The smallest absolute Gasteiger partial charge is 0.261 e. The number of rotatable bonds is 7. The first-order valence-corrected chi connectivity index (χ1v) is 11.4. The molecule has 2 N–H and O–H groups in total. The van der Waals surface area contributed by atoms with Crippen LogP contribution in [0.2, 0.25) is 0 Å². The number of carbonyl (C=O) groups excluding carboxylic acids is 1. The molecule has 0 bridgehead atoms. The second kappa shape index (κ2) is 8.34. The van der Waals surface area contributed by atoms with Crippen LogP contribution in [0.25, 0.3) is 10.2 Å². The average Bonchev–Trinajstić information content (AvgIpc) is 3.43. The minimum absolute atomic E-state index is 0.0282. The Labute approximate surface area is 174 Å². The van der Waals surface area contributed by atoms with Crippen molar-refractivity contribution in [1.29, 1.82) is 0 Å². The van der Waals surface area contributed by atoms with Gasteiger partial charge in [0.05, 0.1) is 16.3 Å². The number of amides is 1. The molecule has 28 heavy (non-hydrogen) atoms. The van der Waals surface area contributed by atoms with Crippen molar-refractivity contribution in [3.8, 4) is 0 Å². The highest BCUT2D eigenvalue weighted by atomic mass is 32.1. The topological polar surface area (TPSA) is 79.8 Å². The Hall–Kier alpha value is -2.36. The number of fused-ring (bicyclic) bond motifs is 1. The predicted octanol–water partition coefficient (Wildman–Crippen LogP) is 4.66. The molecule has 144 valence electrons. The summed E-state index contributed by atoms with van der Waals surface area (Å²) < 4.78 is 0. The quantitative estimate of drug-likeness (QED) is 0.446. The van der Waals surface area contributed by atoms with E-state index >= 15 is 0 Å². The van der Waals surface area contributed by atoms with E-state index in [0.29, 0.717) is 11.4 Å². The molecule has 0 spiro atoms. The van der Waals surface area contributed by atoms with E-state index in [1.165, 1.54) is 22.5 Å². The van der Waals surface area contributed by atoms with Crippen molar-refractivity contribution in [1.82, 2.24) is 20.3 Å². The van der Waals surface area contributed by atoms with Crippen LogP contribution in [0.1, 0.15) is 38.1 Å². The van der Waals surface area contributed by atoms with Crippen molar-refractivity contribution in [2.24, 2.45) is 0 Å². The van der Waals surface area contributed by atoms with Gasteiger partial charge in [0, 0.05) is 23.0 Å². The Morgan fingerprint density at radius 2 is 2.11 bits per heavy atom. The number of thiophene rings is 2. The van der Waals surface area contributed by atoms with Gasteiger partial charge in [0.25, 0.3) is 5.91 Å². The first kappa shape index (κ1) is 19.0. The first-order chi connectivity index (χ1) is 13.6. The Morgan fingerprint density at radius 3 is 2.86 bits per heavy atom. The minimum atomic E-state index is -0.0593. The highest BCUT2D eigenvalue weighted by Crippen LogP contribution is 2.34. The number of nitrogens with zero attached hydrogens (tertiary/aromatic N) is 3. The molecule has 0 saturated carbocycles. The summed E-state index contributed by atoms with van der Waals surface area (Å²) >= 11 is 4.71. The molecule has 0 aliphatic rings. The highest BCUT2D eigenvalue weighted by Gasteiger charge is 2.20. The fourth-order valence-electron chi connectivity index (χ4n) is 2.95. The molecule has 0 unspecified atom stereocenters. The number of aryl methyl sites for hydroxylation is 1. The summed E-state index contributed by atoms with van der Waals surface area (Å²) in [7, 11) is 0. The largest absolute Gasteiger partial charge is 0.360 e. The maximum Gasteiger partial charge on any atom is 0.261 e. The molecule has 1 amide bonds. The standard InChI is InChI=1S/C19H19N5OS3/c1-11-14-16(24-12(2)18-21-7-9-27-18)22-10-23-19(14)28-15(11)17(25)20-6-5-13-4-3-8-26-13/h3-4,7-10,12H,5-6H2,1-2H3,(H,20,25)(H,22,23,24)/t12-/m0/s1. The molecule has 4 aromatic rings. The van der Waals surface area contributed by atoms with Crippen LogP contribution in [0.3, 0.4) is 0 Å². The molecule has 0 radical (unpaired) electrons. The lowest BCUT2D eigenvalue weighted by atomic mass is 10.2. The van der Waals surface area contributed by atoms with E-state index in [0.717, 1.165) is 33.0 Å². The van der Waals surface area contributed by atoms with Crippen LogP contribution in [0, 0.1) is 6.92 Å². The van der Waals surface area contributed by atoms with Gasteiger partial charge in [0.1, 0.15) is 22.0 Å². The van der Waals surface area contributed by atoms with Crippen molar-refractivity contribution < 1.29 is 4.79 Å². The number of hydrogen-bond donors (Lipinski definition) is 2. The van der Waals surface area contributed by atoms with E-state index in [2.05, 4.69) is 31.7 Å². The summed E-state index contributed by atoms with van der Waals surface area (Å²) in [5.41, 5.74) is 0.906. The molecular weight excluding hydrogens is 410 g/mol. The van der Waals surface area contributed by atoms with Crippen LogP contribution in [0.15, 0.2) is 35.4 Å². The number of anilines is 1. The third-order valence-electron chi connectivity index (χ3n) is 4.35. The molecule has 4 rings (SSSR count). The van der Waals surface area contributed by atoms with E-state index in [9.17, 15) is 4.79 Å². The Balaban J connectivity index is 1.53. The Kier molecular flexibility index (Phi) is 5.65. The molecule has 0 aliphatic heterocycles. The zero-order chi connectivity index (χ0) is 19.5. The summed E-state index contributed by atoms with van der Waals surface area (Å²) in [5, 5.41) is 12.3. The zero-order valence-corrected chi connectivity index (χ0v) is 17.9. The third-order valence-corrected chi connectivity index (χ3v) is 7.44. The molecule has 0 aliphatic carbocycles. The SMILES string of the molecule is Cc1c(C(=O)NCCc2cccs2)sc2ncnc(N[C@@H](C)c3nccs3)c12. The molecule has 6 nitrogen and oxygen atoms in total. The van der Waals surface area contributed by atoms with Crippen molar-refractivity contribution in [2.45, 2.75) is 26.3 Å². The average molecular weight is 430 g/mol. The summed E-state index contributed by atoms with van der Waals surface area (Å²) in [4.78, 5) is 28.6. The molecule has 9 heteroatoms. The fourth-order valence-corrected chi connectivity index (χ4v) is 5.37. The van der Waals surface area contributed by atoms with Crippen LogP contribution < -0.4 is 10.6 Å². The lowest BCUT2D eigenvalue weighted by Gasteiger charge is -2.12. The van der Waals surface area contributed by atoms with Crippen LogP contribution in [0.5, 0.6) is 0 Å². The fraction of sp³-hybridized carbons (Fsp3) is 0.263. The number of thiazole rings is 1. The van der Waals surface area contributed by atoms with E-state index in [1.807, 2.05) is 30.7 Å². The first-order valence-electron chi connectivity index (χ1n) is 8.84. The van der Waals surface area contributed by atoms with Crippen molar-refractivity contribution >= 4 is 56.0 Å². The summed E-state index contributed by atoms with van der Waals surface area (Å²) in [6.07, 6.45) is 4.17. The lowest BCUT2D eigenvalue weighted by Crippen LogP contribution is -2.25. The van der Waals surface area contributed by atoms with Gasteiger partial charge < -0.3 is 10.6 Å². The van der Waals surface area contributed by atoms with Crippen molar-refractivity contribution in [3.05, 3.63) is 55.7 Å². The molecular formula is C19H19N5OS3. The summed E-state index contributed by atoms with van der Waals surface area (Å²) in [6, 6.07) is 4.14. The summed E-state index contributed by atoms with van der Waals surface area (Å²) in [6.45, 7) is 4.62. The van der Waals surface area contributed by atoms with Crippen molar-refractivity contribution in [2.75, 3.05) is 11.9 Å². The monoisotopic (exact) mass is 429 g/mol. The van der Waals surface area contributed by atoms with Crippen LogP contribution >= 0.6 is 34.0 Å².